The third-order valence-corrected chi connectivity index (χ3v) is 3.85. The number of rotatable bonds is 3. The Balaban J connectivity index is 2.21. The van der Waals surface area contributed by atoms with Crippen LogP contribution in [0.5, 0.6) is 0 Å². The number of nitrogens with zero attached hydrogens (tertiary/aromatic N) is 2. The van der Waals surface area contributed by atoms with Crippen molar-refractivity contribution in [1.29, 1.82) is 0 Å². The first-order valence-electron chi connectivity index (χ1n) is 5.20. The van der Waals surface area contributed by atoms with E-state index in [0.717, 1.165) is 4.90 Å². The first-order chi connectivity index (χ1) is 8.82. The molecule has 19 heavy (non-hydrogen) atoms. The van der Waals surface area contributed by atoms with E-state index in [1.807, 2.05) is 0 Å². The maximum atomic E-state index is 12.8. The number of methoxy groups -OCH3 is 1. The summed E-state index contributed by atoms with van der Waals surface area (Å²) in [6.45, 7) is -0.330. The fraction of sp³-hybridized carbons (Fsp3) is 0.444. The van der Waals surface area contributed by atoms with E-state index in [-0.39, 0.29) is 18.1 Å². The molecule has 2 heterocycles. The first kappa shape index (κ1) is 13.5. The number of carbonyl (C=O) groups is 2. The van der Waals surface area contributed by atoms with Gasteiger partial charge in [0.1, 0.15) is 10.9 Å². The molecule has 0 bridgehead atoms. The number of H-pyrrole nitrogens is 1. The fourth-order valence-electron chi connectivity index (χ4n) is 1.75. The smallest absolute Gasteiger partial charge is 0.356 e. The minimum Gasteiger partial charge on any atom is -0.464 e. The second kappa shape index (κ2) is 4.61. The Kier molecular flexibility index (Phi) is 3.27. The molecule has 1 aliphatic rings. The van der Waals surface area contributed by atoms with E-state index in [1.54, 1.807) is 0 Å². The Hall–Kier alpha value is -1.97. The summed E-state index contributed by atoms with van der Waals surface area (Å²) in [6, 6.07) is 1.23. The van der Waals surface area contributed by atoms with Crippen LogP contribution in [0.4, 0.5) is 9.70 Å². The van der Waals surface area contributed by atoms with Crippen molar-refractivity contribution in [3.05, 3.63) is 11.8 Å². The molecule has 0 aliphatic carbocycles. The van der Waals surface area contributed by atoms with Crippen LogP contribution in [-0.2, 0) is 19.8 Å². The van der Waals surface area contributed by atoms with Crippen molar-refractivity contribution in [3.8, 4) is 0 Å². The van der Waals surface area contributed by atoms with Gasteiger partial charge in [-0.3, -0.25) is 14.8 Å². The Labute approximate surface area is 107 Å². The number of aromatic nitrogens is 2. The molecular weight excluding hydrogens is 281 g/mol. The average molecular weight is 291 g/mol. The number of nitrogens with one attached hydrogen (secondary N) is 1. The quantitative estimate of drug-likeness (QED) is 0.599. The number of aromatic amines is 1. The average Bonchev–Trinajstić information content (AvgIpc) is 2.93. The van der Waals surface area contributed by atoms with E-state index in [0.29, 0.717) is 0 Å². The van der Waals surface area contributed by atoms with Gasteiger partial charge >= 0.3 is 16.2 Å². The van der Waals surface area contributed by atoms with Gasteiger partial charge in [0.2, 0.25) is 5.91 Å². The largest absolute Gasteiger partial charge is 0.464 e. The van der Waals surface area contributed by atoms with E-state index >= 15 is 0 Å². The van der Waals surface area contributed by atoms with Crippen molar-refractivity contribution < 1.29 is 26.6 Å². The number of esters is 1. The van der Waals surface area contributed by atoms with Crippen LogP contribution in [0, 0.1) is 0 Å². The lowest BCUT2D eigenvalue weighted by molar-refractivity contribution is -0.117. The molecule has 1 amide bonds. The predicted octanol–water partition coefficient (Wildman–Crippen LogP) is -0.399. The molecular formula is C9H10FN3O5S. The highest BCUT2D eigenvalue weighted by Crippen LogP contribution is 2.24. The minimum atomic E-state index is -4.78. The first-order valence-corrected chi connectivity index (χ1v) is 6.65. The van der Waals surface area contributed by atoms with Gasteiger partial charge in [-0.05, 0) is 0 Å². The van der Waals surface area contributed by atoms with Gasteiger partial charge < -0.3 is 4.74 Å². The molecule has 1 fully saturated rings. The number of hydrogen-bond acceptors (Lipinski definition) is 6. The summed E-state index contributed by atoms with van der Waals surface area (Å²) >= 11 is 0. The van der Waals surface area contributed by atoms with Crippen molar-refractivity contribution in [2.75, 3.05) is 18.6 Å². The Morgan fingerprint density at radius 1 is 1.63 bits per heavy atom. The molecule has 0 spiro atoms. The van der Waals surface area contributed by atoms with Gasteiger partial charge in [0.05, 0.1) is 7.11 Å². The van der Waals surface area contributed by atoms with Gasteiger partial charge in [-0.15, -0.1) is 3.89 Å². The van der Waals surface area contributed by atoms with Crippen LogP contribution in [0.15, 0.2) is 6.07 Å². The van der Waals surface area contributed by atoms with E-state index in [2.05, 4.69) is 14.9 Å². The Bertz CT molecular complexity index is 626. The molecule has 1 aliphatic heterocycles. The zero-order chi connectivity index (χ0) is 14.2. The fourth-order valence-corrected chi connectivity index (χ4v) is 2.42. The van der Waals surface area contributed by atoms with Crippen molar-refractivity contribution in [2.45, 2.75) is 11.7 Å². The van der Waals surface area contributed by atoms with Gasteiger partial charge in [0, 0.05) is 19.0 Å². The molecule has 1 saturated heterocycles. The molecule has 0 aromatic carbocycles. The van der Waals surface area contributed by atoms with E-state index in [4.69, 9.17) is 0 Å². The summed E-state index contributed by atoms with van der Waals surface area (Å²) in [7, 11) is -3.61. The number of ether oxygens (including phenoxy) is 1. The second-order valence-electron chi connectivity index (χ2n) is 3.94. The second-order valence-corrected chi connectivity index (χ2v) is 5.56. The normalized spacial score (nSPS) is 19.8. The number of hydrogen-bond donors (Lipinski definition) is 1. The van der Waals surface area contributed by atoms with E-state index in [1.165, 1.54) is 13.2 Å². The van der Waals surface area contributed by atoms with Crippen molar-refractivity contribution in [1.82, 2.24) is 10.2 Å². The molecule has 1 atom stereocenters. The molecule has 0 radical (unpaired) electrons. The molecule has 10 heteroatoms. The highest BCUT2D eigenvalue weighted by atomic mass is 32.3. The number of amides is 1. The molecule has 8 nitrogen and oxygen atoms in total. The Morgan fingerprint density at radius 3 is 2.84 bits per heavy atom. The molecule has 0 saturated carbocycles. The molecule has 2 rings (SSSR count). The lowest BCUT2D eigenvalue weighted by Gasteiger charge is -2.11. The molecule has 1 aromatic rings. The van der Waals surface area contributed by atoms with Crippen molar-refractivity contribution >= 4 is 27.9 Å². The topological polar surface area (TPSA) is 109 Å². The van der Waals surface area contributed by atoms with Crippen molar-refractivity contribution in [3.63, 3.8) is 0 Å². The van der Waals surface area contributed by atoms with Crippen LogP contribution < -0.4 is 4.90 Å². The van der Waals surface area contributed by atoms with Gasteiger partial charge in [0.15, 0.2) is 5.82 Å². The maximum absolute atomic E-state index is 12.8. The maximum Gasteiger partial charge on any atom is 0.356 e. The zero-order valence-corrected chi connectivity index (χ0v) is 10.6. The van der Waals surface area contributed by atoms with Crippen LogP contribution in [0.2, 0.25) is 0 Å². The third-order valence-electron chi connectivity index (χ3n) is 2.73. The number of halogens is 1. The lowest BCUT2D eigenvalue weighted by Crippen LogP contribution is -2.27. The summed E-state index contributed by atoms with van der Waals surface area (Å²) in [4.78, 5) is 23.8. The minimum absolute atomic E-state index is 0.0110. The van der Waals surface area contributed by atoms with Crippen LogP contribution in [-0.4, -0.2) is 49.4 Å². The monoisotopic (exact) mass is 291 g/mol. The van der Waals surface area contributed by atoms with Gasteiger partial charge in [-0.25, -0.2) is 4.79 Å². The number of anilines is 1. The van der Waals surface area contributed by atoms with E-state index < -0.39 is 33.8 Å². The van der Waals surface area contributed by atoms with Crippen LogP contribution in [0.25, 0.3) is 0 Å². The molecule has 104 valence electrons. The standard InChI is InChI=1S/C9H10FN3O5S/c1-18-9(15)6-3-7(12-11-6)13-4-5(2-8(13)14)19(10,16)17/h3,5H,2,4H2,1H3,(H,11,12). The summed E-state index contributed by atoms with van der Waals surface area (Å²) in [5.74, 6) is -1.20. The highest BCUT2D eigenvalue weighted by molar-refractivity contribution is 7.87. The molecule has 1 unspecified atom stereocenters. The third kappa shape index (κ3) is 2.57. The summed E-state index contributed by atoms with van der Waals surface area (Å²) in [5, 5.41) is 4.64. The SMILES string of the molecule is COC(=O)c1cc(N2CC(S(=O)(=O)F)CC2=O)n[nH]1. The Morgan fingerprint density at radius 2 is 2.32 bits per heavy atom. The van der Waals surface area contributed by atoms with Crippen LogP contribution >= 0.6 is 0 Å². The molecule has 1 N–H and O–H groups in total. The van der Waals surface area contributed by atoms with Crippen LogP contribution in [0.1, 0.15) is 16.9 Å². The summed E-state index contributed by atoms with van der Waals surface area (Å²) in [6.07, 6.45) is -0.445. The van der Waals surface area contributed by atoms with E-state index in [9.17, 15) is 21.9 Å². The number of carbonyl (C=O) groups excluding carboxylic acids is 2. The predicted molar refractivity (Wildman–Crippen MR) is 60.7 cm³/mol. The van der Waals surface area contributed by atoms with Crippen LogP contribution in [0.3, 0.4) is 0 Å². The summed E-state index contributed by atoms with van der Waals surface area (Å²) < 4.78 is 38.8. The highest BCUT2D eigenvalue weighted by Gasteiger charge is 2.40. The van der Waals surface area contributed by atoms with Crippen molar-refractivity contribution in [2.24, 2.45) is 0 Å². The lowest BCUT2D eigenvalue weighted by atomic mass is 10.4. The summed E-state index contributed by atoms with van der Waals surface area (Å²) in [5.41, 5.74) is 0.0110. The van der Waals surface area contributed by atoms with Gasteiger partial charge in [-0.2, -0.15) is 13.5 Å². The van der Waals surface area contributed by atoms with Gasteiger partial charge in [-0.1, -0.05) is 0 Å². The van der Waals surface area contributed by atoms with Gasteiger partial charge in [0.25, 0.3) is 0 Å². The molecule has 1 aromatic heterocycles. The zero-order valence-electron chi connectivity index (χ0n) is 9.79.